The van der Waals surface area contributed by atoms with Gasteiger partial charge >= 0.3 is 0 Å². The molecule has 96 valence electrons. The topological polar surface area (TPSA) is 36.3 Å². The highest BCUT2D eigenvalue weighted by Crippen LogP contribution is 2.33. The lowest BCUT2D eigenvalue weighted by molar-refractivity contribution is 0.254. The van der Waals surface area contributed by atoms with Crippen LogP contribution >= 0.6 is 0 Å². The fraction of sp³-hybridized carbons (Fsp3) is 0.533. The molecule has 0 N–H and O–H groups in total. The number of likely N-dealkylation sites (tertiary alicyclic amines) is 1. The second kappa shape index (κ2) is 6.42. The van der Waals surface area contributed by atoms with E-state index in [9.17, 15) is 0 Å². The average Bonchev–Trinajstić information content (AvgIpc) is 2.87. The van der Waals surface area contributed by atoms with Gasteiger partial charge in [0, 0.05) is 12.5 Å². The summed E-state index contributed by atoms with van der Waals surface area (Å²) >= 11 is 0. The van der Waals surface area contributed by atoms with Crippen molar-refractivity contribution in [1.29, 1.82) is 5.26 Å². The van der Waals surface area contributed by atoms with Crippen molar-refractivity contribution >= 4 is 0 Å². The molecule has 18 heavy (non-hydrogen) atoms. The van der Waals surface area contributed by atoms with Gasteiger partial charge in [0.2, 0.25) is 0 Å². The van der Waals surface area contributed by atoms with Crippen LogP contribution in [0.2, 0.25) is 0 Å². The van der Waals surface area contributed by atoms with Crippen LogP contribution in [0.3, 0.4) is 0 Å². The Morgan fingerprint density at radius 3 is 3.17 bits per heavy atom. The van der Waals surface area contributed by atoms with Crippen LogP contribution in [-0.4, -0.2) is 25.1 Å². The van der Waals surface area contributed by atoms with Gasteiger partial charge in [0.15, 0.2) is 0 Å². The van der Waals surface area contributed by atoms with E-state index in [4.69, 9.17) is 10.00 Å². The molecular weight excluding hydrogens is 224 g/mol. The number of hydrogen-bond acceptors (Lipinski definition) is 3. The molecule has 1 atom stereocenters. The van der Waals surface area contributed by atoms with Crippen LogP contribution in [-0.2, 0) is 0 Å². The Labute approximate surface area is 109 Å². The maximum absolute atomic E-state index is 8.61. The van der Waals surface area contributed by atoms with Crippen LogP contribution in [0, 0.1) is 11.3 Å². The van der Waals surface area contributed by atoms with Crippen molar-refractivity contribution in [3.05, 3.63) is 29.8 Å². The maximum Gasteiger partial charge on any atom is 0.119 e. The van der Waals surface area contributed by atoms with Gasteiger partial charge in [-0.25, -0.2) is 0 Å². The summed E-state index contributed by atoms with van der Waals surface area (Å²) in [5, 5.41) is 8.61. The Balaban J connectivity index is 2.03. The predicted octanol–water partition coefficient (Wildman–Crippen LogP) is 3.14. The van der Waals surface area contributed by atoms with Crippen molar-refractivity contribution in [2.24, 2.45) is 0 Å². The zero-order valence-corrected chi connectivity index (χ0v) is 10.9. The predicted molar refractivity (Wildman–Crippen MR) is 71.4 cm³/mol. The lowest BCUT2D eigenvalue weighted by Crippen LogP contribution is -2.24. The molecule has 0 unspecified atom stereocenters. The molecule has 3 heteroatoms. The van der Waals surface area contributed by atoms with Crippen LogP contribution in [0.15, 0.2) is 24.3 Å². The summed E-state index contributed by atoms with van der Waals surface area (Å²) < 4.78 is 5.29. The van der Waals surface area contributed by atoms with Gasteiger partial charge in [-0.1, -0.05) is 12.1 Å². The van der Waals surface area contributed by atoms with Crippen molar-refractivity contribution in [2.45, 2.75) is 31.7 Å². The van der Waals surface area contributed by atoms with Gasteiger partial charge in [-0.15, -0.1) is 0 Å². The van der Waals surface area contributed by atoms with Gasteiger partial charge < -0.3 is 4.74 Å². The number of hydrogen-bond donors (Lipinski definition) is 0. The number of methoxy groups -OCH3 is 1. The molecule has 0 spiro atoms. The number of ether oxygens (including phenoxy) is 1. The zero-order chi connectivity index (χ0) is 12.8. The molecule has 0 aromatic heterocycles. The van der Waals surface area contributed by atoms with Gasteiger partial charge in [0.1, 0.15) is 5.75 Å². The third-order valence-corrected chi connectivity index (χ3v) is 3.58. The van der Waals surface area contributed by atoms with Crippen LogP contribution in [0.5, 0.6) is 5.75 Å². The molecule has 2 rings (SSSR count). The molecule has 3 nitrogen and oxygen atoms in total. The van der Waals surface area contributed by atoms with Gasteiger partial charge in [-0.3, -0.25) is 4.90 Å². The molecule has 1 aromatic rings. The monoisotopic (exact) mass is 244 g/mol. The first kappa shape index (κ1) is 12.9. The van der Waals surface area contributed by atoms with Crippen LogP contribution in [0.4, 0.5) is 0 Å². The number of rotatable bonds is 5. The fourth-order valence-electron chi connectivity index (χ4n) is 2.68. The van der Waals surface area contributed by atoms with Gasteiger partial charge in [-0.2, -0.15) is 5.26 Å². The van der Waals surface area contributed by atoms with E-state index in [-0.39, 0.29) is 0 Å². The molecule has 0 aliphatic carbocycles. The Hall–Kier alpha value is -1.53. The molecule has 1 aliphatic rings. The molecule has 0 bridgehead atoms. The molecule has 1 saturated heterocycles. The van der Waals surface area contributed by atoms with E-state index in [1.165, 1.54) is 18.4 Å². The largest absolute Gasteiger partial charge is 0.497 e. The molecule has 0 saturated carbocycles. The lowest BCUT2D eigenvalue weighted by Gasteiger charge is -2.24. The van der Waals surface area contributed by atoms with E-state index in [0.29, 0.717) is 12.5 Å². The van der Waals surface area contributed by atoms with Crippen molar-refractivity contribution in [2.75, 3.05) is 20.2 Å². The average molecular weight is 244 g/mol. The fourth-order valence-corrected chi connectivity index (χ4v) is 2.68. The minimum Gasteiger partial charge on any atom is -0.497 e. The molecule has 0 radical (unpaired) electrons. The highest BCUT2D eigenvalue weighted by molar-refractivity contribution is 5.31. The number of benzene rings is 1. The molecule has 1 heterocycles. The van der Waals surface area contributed by atoms with Crippen molar-refractivity contribution in [3.8, 4) is 11.8 Å². The Bertz CT molecular complexity index is 425. The summed E-state index contributed by atoms with van der Waals surface area (Å²) in [5.41, 5.74) is 1.34. The van der Waals surface area contributed by atoms with E-state index in [2.05, 4.69) is 29.2 Å². The third-order valence-electron chi connectivity index (χ3n) is 3.58. The first-order chi connectivity index (χ1) is 8.85. The summed E-state index contributed by atoms with van der Waals surface area (Å²) in [6.45, 7) is 2.17. The minimum atomic E-state index is 0.499. The summed E-state index contributed by atoms with van der Waals surface area (Å²) in [4.78, 5) is 2.49. The summed E-state index contributed by atoms with van der Waals surface area (Å²) in [6.07, 6.45) is 4.08. The van der Waals surface area contributed by atoms with E-state index in [1.54, 1.807) is 7.11 Å². The summed E-state index contributed by atoms with van der Waals surface area (Å²) in [6, 6.07) is 11.1. The minimum absolute atomic E-state index is 0.499. The standard InChI is InChI=1S/C15H20N2O/c1-18-14-7-4-6-13(12-14)15-8-5-11-17(15)10-3-2-9-16/h4,6-7,12,15H,2-3,5,8,10-11H2,1H3/t15-/m0/s1. The summed E-state index contributed by atoms with van der Waals surface area (Å²) in [7, 11) is 1.71. The Morgan fingerprint density at radius 2 is 2.39 bits per heavy atom. The van der Waals surface area contributed by atoms with Crippen molar-refractivity contribution < 1.29 is 4.74 Å². The normalized spacial score (nSPS) is 19.7. The second-order valence-corrected chi connectivity index (χ2v) is 4.73. The lowest BCUT2D eigenvalue weighted by atomic mass is 10.0. The zero-order valence-electron chi connectivity index (χ0n) is 10.9. The molecule has 1 fully saturated rings. The molecule has 1 aliphatic heterocycles. The van der Waals surface area contributed by atoms with Crippen molar-refractivity contribution in [1.82, 2.24) is 4.90 Å². The molecule has 1 aromatic carbocycles. The van der Waals surface area contributed by atoms with Gasteiger partial charge in [0.05, 0.1) is 13.2 Å². The van der Waals surface area contributed by atoms with Crippen LogP contribution < -0.4 is 4.74 Å². The molecular formula is C15H20N2O. The van der Waals surface area contributed by atoms with E-state index >= 15 is 0 Å². The smallest absolute Gasteiger partial charge is 0.119 e. The maximum atomic E-state index is 8.61. The Morgan fingerprint density at radius 1 is 1.50 bits per heavy atom. The van der Waals surface area contributed by atoms with Crippen LogP contribution in [0.1, 0.15) is 37.3 Å². The highest BCUT2D eigenvalue weighted by Gasteiger charge is 2.25. The highest BCUT2D eigenvalue weighted by atomic mass is 16.5. The van der Waals surface area contributed by atoms with E-state index in [1.807, 2.05) is 6.07 Å². The third kappa shape index (κ3) is 3.02. The molecule has 0 amide bonds. The first-order valence-corrected chi connectivity index (χ1v) is 6.60. The SMILES string of the molecule is COc1cccc([C@@H]2CCCN2CCCC#N)c1. The number of unbranched alkanes of at least 4 members (excludes halogenated alkanes) is 1. The quantitative estimate of drug-likeness (QED) is 0.747. The summed E-state index contributed by atoms with van der Waals surface area (Å²) in [5.74, 6) is 0.927. The van der Waals surface area contributed by atoms with Crippen LogP contribution in [0.25, 0.3) is 0 Å². The number of nitrogens with zero attached hydrogens (tertiary/aromatic N) is 2. The van der Waals surface area contributed by atoms with Gasteiger partial charge in [-0.05, 0) is 50.0 Å². The van der Waals surface area contributed by atoms with Gasteiger partial charge in [0.25, 0.3) is 0 Å². The second-order valence-electron chi connectivity index (χ2n) is 4.73. The van der Waals surface area contributed by atoms with Crippen molar-refractivity contribution in [3.63, 3.8) is 0 Å². The Kier molecular flexibility index (Phi) is 4.60. The van der Waals surface area contributed by atoms with E-state index in [0.717, 1.165) is 25.3 Å². The number of nitriles is 1. The van der Waals surface area contributed by atoms with E-state index < -0.39 is 0 Å². The first-order valence-electron chi connectivity index (χ1n) is 6.60.